The second-order valence-electron chi connectivity index (χ2n) is 7.00. The minimum atomic E-state index is -4.20. The average Bonchev–Trinajstić information content (AvgIpc) is 2.47. The molecule has 2 fully saturated rings. The largest absolute Gasteiger partial charge is 0.480 e. The van der Waals surface area contributed by atoms with Crippen LogP contribution in [0.25, 0.3) is 0 Å². The Balaban J connectivity index is 1.70. The molecule has 2 amide bonds. The van der Waals surface area contributed by atoms with E-state index < -0.39 is 30.1 Å². The third-order valence-electron chi connectivity index (χ3n) is 5.18. The molecule has 0 spiro atoms. The molecule has 0 radical (unpaired) electrons. The lowest BCUT2D eigenvalue weighted by atomic mass is 9.84. The molecule has 0 saturated heterocycles. The molecule has 144 valence electrons. The van der Waals surface area contributed by atoms with E-state index in [2.05, 4.69) is 10.6 Å². The Bertz CT molecular complexity index is 481. The van der Waals surface area contributed by atoms with Crippen molar-refractivity contribution < 1.29 is 27.9 Å². The summed E-state index contributed by atoms with van der Waals surface area (Å²) in [6, 6.07) is -0.821. The van der Waals surface area contributed by atoms with Crippen LogP contribution >= 0.6 is 0 Å². The molecular weight excluding hydrogens is 339 g/mol. The van der Waals surface area contributed by atoms with Crippen LogP contribution in [0.3, 0.4) is 0 Å². The van der Waals surface area contributed by atoms with Gasteiger partial charge in [0.1, 0.15) is 0 Å². The third kappa shape index (κ3) is 5.76. The van der Waals surface area contributed by atoms with Crippen molar-refractivity contribution in [3.05, 3.63) is 0 Å². The number of nitrogens with one attached hydrogen (secondary N) is 2. The number of nitrogens with zero attached hydrogens (tertiary/aromatic N) is 1. The van der Waals surface area contributed by atoms with Crippen molar-refractivity contribution in [3.63, 3.8) is 0 Å². The van der Waals surface area contributed by atoms with E-state index in [0.717, 1.165) is 0 Å². The Morgan fingerprint density at radius 3 is 2.32 bits per heavy atom. The summed E-state index contributed by atoms with van der Waals surface area (Å²) in [4.78, 5) is 24.6. The lowest BCUT2D eigenvalue weighted by molar-refractivity contribution is -0.183. The van der Waals surface area contributed by atoms with Gasteiger partial charge in [0.15, 0.2) is 0 Å². The van der Waals surface area contributed by atoms with Gasteiger partial charge >= 0.3 is 18.2 Å². The van der Waals surface area contributed by atoms with Gasteiger partial charge in [-0.15, -0.1) is 0 Å². The molecule has 3 N–H and O–H groups in total. The molecule has 0 bridgehead atoms. The fourth-order valence-corrected chi connectivity index (χ4v) is 3.71. The number of aliphatic carboxylic acids is 1. The van der Waals surface area contributed by atoms with Gasteiger partial charge in [0.25, 0.3) is 0 Å². The molecule has 2 saturated carbocycles. The van der Waals surface area contributed by atoms with E-state index in [1.807, 2.05) is 11.8 Å². The van der Waals surface area contributed by atoms with E-state index in [9.17, 15) is 22.8 Å². The molecule has 9 heteroatoms. The maximum atomic E-state index is 12.8. The summed E-state index contributed by atoms with van der Waals surface area (Å²) in [6.45, 7) is 2.48. The van der Waals surface area contributed by atoms with E-state index >= 15 is 0 Å². The Morgan fingerprint density at radius 1 is 1.12 bits per heavy atom. The Morgan fingerprint density at radius 2 is 1.76 bits per heavy atom. The third-order valence-corrected chi connectivity index (χ3v) is 5.18. The smallest absolute Gasteiger partial charge is 0.391 e. The number of alkyl halides is 3. The molecular formula is C16H26F3N3O3. The van der Waals surface area contributed by atoms with Crippen molar-refractivity contribution in [1.29, 1.82) is 0 Å². The summed E-state index contributed by atoms with van der Waals surface area (Å²) in [5.74, 6) is -2.22. The van der Waals surface area contributed by atoms with Crippen molar-refractivity contribution in [1.82, 2.24) is 15.5 Å². The van der Waals surface area contributed by atoms with Gasteiger partial charge < -0.3 is 15.7 Å². The van der Waals surface area contributed by atoms with Gasteiger partial charge in [0.05, 0.1) is 12.5 Å². The number of hydrogen-bond acceptors (Lipinski definition) is 3. The van der Waals surface area contributed by atoms with E-state index in [1.54, 1.807) is 0 Å². The molecule has 2 aliphatic rings. The molecule has 25 heavy (non-hydrogen) atoms. The maximum absolute atomic E-state index is 12.8. The van der Waals surface area contributed by atoms with E-state index in [0.29, 0.717) is 32.2 Å². The molecule has 0 aromatic rings. The second-order valence-corrected chi connectivity index (χ2v) is 7.00. The fraction of sp³-hybridized carbons (Fsp3) is 0.875. The van der Waals surface area contributed by atoms with Crippen LogP contribution < -0.4 is 10.6 Å². The molecule has 2 rings (SSSR count). The van der Waals surface area contributed by atoms with Gasteiger partial charge in [-0.3, -0.25) is 9.69 Å². The first-order valence-corrected chi connectivity index (χ1v) is 8.78. The molecule has 2 unspecified atom stereocenters. The van der Waals surface area contributed by atoms with Crippen LogP contribution in [-0.4, -0.2) is 59.4 Å². The van der Waals surface area contributed by atoms with Crippen LogP contribution in [0.5, 0.6) is 0 Å². The van der Waals surface area contributed by atoms with Crippen LogP contribution in [0, 0.1) is 5.92 Å². The number of carboxylic acids is 1. The van der Waals surface area contributed by atoms with Crippen molar-refractivity contribution in [2.24, 2.45) is 5.92 Å². The molecule has 0 aliphatic heterocycles. The minimum absolute atomic E-state index is 0.0268. The van der Waals surface area contributed by atoms with Crippen LogP contribution in [-0.2, 0) is 4.79 Å². The van der Waals surface area contributed by atoms with E-state index in [-0.39, 0.29) is 31.5 Å². The highest BCUT2D eigenvalue weighted by Crippen LogP contribution is 2.37. The summed E-state index contributed by atoms with van der Waals surface area (Å²) in [5, 5.41) is 14.3. The van der Waals surface area contributed by atoms with Crippen molar-refractivity contribution >= 4 is 12.0 Å². The fourth-order valence-electron chi connectivity index (χ4n) is 3.71. The summed E-state index contributed by atoms with van der Waals surface area (Å²) in [5.41, 5.74) is 0. The Kier molecular flexibility index (Phi) is 6.53. The molecule has 0 aromatic carbocycles. The van der Waals surface area contributed by atoms with Crippen molar-refractivity contribution in [3.8, 4) is 0 Å². The topological polar surface area (TPSA) is 81.7 Å². The van der Waals surface area contributed by atoms with Gasteiger partial charge in [0, 0.05) is 18.1 Å². The van der Waals surface area contributed by atoms with E-state index in [4.69, 9.17) is 5.11 Å². The standard InChI is InChI=1S/C16H26F3N3O3/c1-2-22(9-14(23)24)13-7-12(8-13)21-15(25)20-11-5-3-4-10(6-11)16(17,18)19/h10-13H,2-9H2,1H3,(H,23,24)(H2,20,21,25). The number of urea groups is 1. The van der Waals surface area contributed by atoms with Gasteiger partial charge in [-0.2, -0.15) is 13.2 Å². The predicted molar refractivity (Wildman–Crippen MR) is 85.2 cm³/mol. The number of carbonyl (C=O) groups is 2. The number of likely N-dealkylation sites (N-methyl/N-ethyl adjacent to an activating group) is 1. The summed E-state index contributed by atoms with van der Waals surface area (Å²) in [7, 11) is 0. The quantitative estimate of drug-likeness (QED) is 0.675. The van der Waals surface area contributed by atoms with Crippen LogP contribution in [0.2, 0.25) is 0 Å². The average molecular weight is 365 g/mol. The van der Waals surface area contributed by atoms with E-state index in [1.165, 1.54) is 0 Å². The number of halogens is 3. The lowest BCUT2D eigenvalue weighted by Crippen LogP contribution is -2.57. The molecule has 2 atom stereocenters. The van der Waals surface area contributed by atoms with Gasteiger partial charge in [0.2, 0.25) is 0 Å². The van der Waals surface area contributed by atoms with Crippen LogP contribution in [0.1, 0.15) is 45.4 Å². The Labute approximate surface area is 145 Å². The summed E-state index contributed by atoms with van der Waals surface area (Å²) < 4.78 is 38.4. The van der Waals surface area contributed by atoms with Crippen molar-refractivity contribution in [2.45, 2.75) is 69.8 Å². The monoisotopic (exact) mass is 365 g/mol. The molecule has 6 nitrogen and oxygen atoms in total. The number of carboxylic acid groups (broad SMARTS) is 1. The van der Waals surface area contributed by atoms with Gasteiger partial charge in [-0.1, -0.05) is 13.3 Å². The number of rotatable bonds is 6. The number of carbonyl (C=O) groups excluding carboxylic acids is 1. The highest BCUT2D eigenvalue weighted by Gasteiger charge is 2.42. The zero-order chi connectivity index (χ0) is 18.6. The maximum Gasteiger partial charge on any atom is 0.391 e. The zero-order valence-corrected chi connectivity index (χ0v) is 14.3. The first-order chi connectivity index (χ1) is 11.7. The van der Waals surface area contributed by atoms with Gasteiger partial charge in [-0.05, 0) is 38.6 Å². The van der Waals surface area contributed by atoms with Crippen LogP contribution in [0.15, 0.2) is 0 Å². The molecule has 0 heterocycles. The number of hydrogen-bond donors (Lipinski definition) is 3. The number of amides is 2. The molecule has 2 aliphatic carbocycles. The predicted octanol–water partition coefficient (Wildman–Crippen LogP) is 2.34. The minimum Gasteiger partial charge on any atom is -0.480 e. The summed E-state index contributed by atoms with van der Waals surface area (Å²) in [6.07, 6.45) is -1.80. The van der Waals surface area contributed by atoms with Gasteiger partial charge in [-0.25, -0.2) is 4.79 Å². The highest BCUT2D eigenvalue weighted by molar-refractivity contribution is 5.74. The SMILES string of the molecule is CCN(CC(=O)O)C1CC(NC(=O)NC2CCCC(C(F)(F)F)C2)C1. The summed E-state index contributed by atoms with van der Waals surface area (Å²) >= 11 is 0. The zero-order valence-electron chi connectivity index (χ0n) is 14.3. The Hall–Kier alpha value is -1.51. The highest BCUT2D eigenvalue weighted by atomic mass is 19.4. The first kappa shape index (κ1) is 19.8. The lowest BCUT2D eigenvalue weighted by Gasteiger charge is -2.42. The first-order valence-electron chi connectivity index (χ1n) is 8.78. The normalized spacial score (nSPS) is 29.8. The van der Waals surface area contributed by atoms with Crippen molar-refractivity contribution in [2.75, 3.05) is 13.1 Å². The second kappa shape index (κ2) is 8.25. The van der Waals surface area contributed by atoms with Crippen LogP contribution in [0.4, 0.5) is 18.0 Å². The molecule has 0 aromatic heterocycles.